The van der Waals surface area contributed by atoms with Crippen molar-refractivity contribution in [3.63, 3.8) is 0 Å². The fourth-order valence-electron chi connectivity index (χ4n) is 8.59. The summed E-state index contributed by atoms with van der Waals surface area (Å²) in [5.74, 6) is 5.92. The van der Waals surface area contributed by atoms with Gasteiger partial charge in [-0.1, -0.05) is 136 Å². The Labute approximate surface area is 234 Å². The van der Waals surface area contributed by atoms with Crippen molar-refractivity contribution in [2.75, 3.05) is 0 Å². The highest BCUT2D eigenvalue weighted by Crippen LogP contribution is 2.62. The second kappa shape index (κ2) is 9.67. The van der Waals surface area contributed by atoms with E-state index in [4.69, 9.17) is 0 Å². The average Bonchev–Trinajstić information content (AvgIpc) is 3.37. The molecule has 0 aromatic heterocycles. The predicted molar refractivity (Wildman–Crippen MR) is 165 cm³/mol. The monoisotopic (exact) mass is 510 g/mol. The molecule has 2 fully saturated rings. The van der Waals surface area contributed by atoms with E-state index in [2.05, 4.69) is 136 Å². The lowest BCUT2D eigenvalue weighted by Crippen LogP contribution is -2.32. The van der Waals surface area contributed by atoms with Gasteiger partial charge in [0.05, 0.1) is 0 Å². The lowest BCUT2D eigenvalue weighted by Gasteiger charge is -2.40. The summed E-state index contributed by atoms with van der Waals surface area (Å²) in [6.07, 6.45) is 18.4. The maximum atomic E-state index is 2.74. The average molecular weight is 511 g/mol. The van der Waals surface area contributed by atoms with Gasteiger partial charge in [-0.2, -0.15) is 0 Å². The summed E-state index contributed by atoms with van der Waals surface area (Å²) in [4.78, 5) is 0. The molecule has 206 valence electrons. The first-order valence-electron chi connectivity index (χ1n) is 15.5. The first-order chi connectivity index (χ1) is 17.7. The van der Waals surface area contributed by atoms with Crippen LogP contribution in [-0.2, 0) is 0 Å². The van der Waals surface area contributed by atoms with Crippen LogP contribution in [0.15, 0.2) is 77.9 Å². The molecule has 8 unspecified atom stereocenters. The quantitative estimate of drug-likeness (QED) is 0.379. The Morgan fingerprint density at radius 3 is 1.58 bits per heavy atom. The van der Waals surface area contributed by atoms with Crippen molar-refractivity contribution in [2.24, 2.45) is 63.6 Å². The minimum absolute atomic E-state index is 0.183. The highest BCUT2D eigenvalue weighted by atomic mass is 14.6. The molecule has 0 saturated heterocycles. The molecular formula is C38H54. The molecule has 0 aliphatic heterocycles. The van der Waals surface area contributed by atoms with Crippen LogP contribution in [0, 0.1) is 63.6 Å². The van der Waals surface area contributed by atoms with E-state index in [9.17, 15) is 0 Å². The van der Waals surface area contributed by atoms with Crippen LogP contribution in [0.4, 0.5) is 0 Å². The van der Waals surface area contributed by atoms with E-state index in [1.165, 1.54) is 24.0 Å². The lowest BCUT2D eigenvalue weighted by molar-refractivity contribution is 0.194. The molecular weight excluding hydrogens is 456 g/mol. The van der Waals surface area contributed by atoms with Crippen LogP contribution in [0.25, 0.3) is 0 Å². The van der Waals surface area contributed by atoms with Crippen molar-refractivity contribution >= 4 is 0 Å². The van der Waals surface area contributed by atoms with Crippen molar-refractivity contribution in [2.45, 2.75) is 88.0 Å². The number of benzene rings is 1. The van der Waals surface area contributed by atoms with Gasteiger partial charge in [0.1, 0.15) is 0 Å². The van der Waals surface area contributed by atoms with Crippen molar-refractivity contribution in [3.8, 4) is 0 Å². The molecule has 5 rings (SSSR count). The Bertz CT molecular complexity index is 1070. The molecule has 1 aromatic carbocycles. The molecule has 0 nitrogen and oxygen atoms in total. The minimum Gasteiger partial charge on any atom is -0.0799 e. The fraction of sp³-hybridized carbons (Fsp3) is 0.632. The third-order valence-corrected chi connectivity index (χ3v) is 10.9. The molecule has 38 heavy (non-hydrogen) atoms. The summed E-state index contributed by atoms with van der Waals surface area (Å²) < 4.78 is 0. The Hall–Kier alpha value is -1.82. The van der Waals surface area contributed by atoms with E-state index in [-0.39, 0.29) is 10.8 Å². The van der Waals surface area contributed by atoms with E-state index < -0.39 is 0 Å². The van der Waals surface area contributed by atoms with Gasteiger partial charge in [-0.25, -0.2) is 0 Å². The van der Waals surface area contributed by atoms with Crippen molar-refractivity contribution in [3.05, 3.63) is 83.5 Å². The first kappa shape index (κ1) is 27.7. The second-order valence-electron chi connectivity index (χ2n) is 16.5. The van der Waals surface area contributed by atoms with E-state index in [1.54, 1.807) is 5.56 Å². The van der Waals surface area contributed by atoms with Crippen LogP contribution in [0.2, 0.25) is 0 Å². The Kier molecular flexibility index (Phi) is 7.06. The van der Waals surface area contributed by atoms with Crippen LogP contribution in [0.3, 0.4) is 0 Å². The third kappa shape index (κ3) is 5.07. The van der Waals surface area contributed by atoms with Crippen LogP contribution in [-0.4, -0.2) is 0 Å². The van der Waals surface area contributed by atoms with Gasteiger partial charge in [0.25, 0.3) is 0 Å². The van der Waals surface area contributed by atoms with Crippen molar-refractivity contribution in [1.29, 1.82) is 0 Å². The van der Waals surface area contributed by atoms with Crippen LogP contribution in [0.1, 0.15) is 93.6 Å². The summed E-state index contributed by atoms with van der Waals surface area (Å²) in [7, 11) is 0. The van der Waals surface area contributed by atoms with E-state index in [0.29, 0.717) is 40.9 Å². The second-order valence-corrected chi connectivity index (χ2v) is 16.5. The number of fused-ring (bicyclic) bond motifs is 3. The fourth-order valence-corrected chi connectivity index (χ4v) is 8.59. The summed E-state index contributed by atoms with van der Waals surface area (Å²) >= 11 is 0. The summed E-state index contributed by atoms with van der Waals surface area (Å²) in [5.41, 5.74) is 5.40. The van der Waals surface area contributed by atoms with Gasteiger partial charge in [0.15, 0.2) is 0 Å². The molecule has 1 aromatic rings. The van der Waals surface area contributed by atoms with Gasteiger partial charge >= 0.3 is 0 Å². The van der Waals surface area contributed by atoms with E-state index in [1.807, 2.05) is 0 Å². The van der Waals surface area contributed by atoms with Crippen LogP contribution in [0.5, 0.6) is 0 Å². The summed E-state index contributed by atoms with van der Waals surface area (Å²) in [6.45, 7) is 24.3. The highest BCUT2D eigenvalue weighted by Gasteiger charge is 2.55. The number of hydrogen-bond acceptors (Lipinski definition) is 0. The summed E-state index contributed by atoms with van der Waals surface area (Å²) in [6, 6.07) is 11.7. The number of allylic oxidation sites excluding steroid dienone is 8. The maximum absolute atomic E-state index is 2.74. The highest BCUT2D eigenvalue weighted by molar-refractivity contribution is 5.40. The van der Waals surface area contributed by atoms with Gasteiger partial charge in [-0.15, -0.1) is 0 Å². The van der Waals surface area contributed by atoms with Crippen molar-refractivity contribution in [1.82, 2.24) is 0 Å². The Morgan fingerprint density at radius 2 is 1.16 bits per heavy atom. The SMILES string of the molecule is CC1CC(C(C)(C)C)CC1C(c1ccccc1)C1C2C=C(C(C)(C)C)C=CC2C2C=CC(C(C)(C)C)=CC21. The van der Waals surface area contributed by atoms with Gasteiger partial charge in [-0.3, -0.25) is 0 Å². The first-order valence-corrected chi connectivity index (χ1v) is 15.5. The Morgan fingerprint density at radius 1 is 0.658 bits per heavy atom. The van der Waals surface area contributed by atoms with Crippen molar-refractivity contribution < 1.29 is 0 Å². The van der Waals surface area contributed by atoms with Gasteiger partial charge in [-0.05, 0) is 99.1 Å². The zero-order chi connectivity index (χ0) is 27.6. The molecule has 4 aliphatic rings. The zero-order valence-electron chi connectivity index (χ0n) is 26.0. The minimum atomic E-state index is 0.183. The van der Waals surface area contributed by atoms with E-state index in [0.717, 1.165) is 17.8 Å². The smallest absolute Gasteiger partial charge is 0.00909 e. The molecule has 0 spiro atoms. The number of rotatable bonds is 3. The zero-order valence-corrected chi connectivity index (χ0v) is 26.0. The molecule has 0 bridgehead atoms. The molecule has 0 heterocycles. The summed E-state index contributed by atoms with van der Waals surface area (Å²) in [5, 5.41) is 0. The van der Waals surface area contributed by atoms with Gasteiger partial charge in [0.2, 0.25) is 0 Å². The standard InChI is InChI=1S/C38H54/c1-24-20-28(38(8,9)10)23-31(24)34(25-14-12-11-13-15-25)35-32-21-26(36(2,3)4)16-18-29(32)30-19-17-27(22-33(30)35)37(5,6)7/h11-19,21-22,24,28-35H,20,23H2,1-10H3. The lowest BCUT2D eigenvalue weighted by atomic mass is 9.64. The van der Waals surface area contributed by atoms with Gasteiger partial charge in [0, 0.05) is 0 Å². The van der Waals surface area contributed by atoms with Crippen LogP contribution < -0.4 is 0 Å². The maximum Gasteiger partial charge on any atom is -0.00909 e. The molecule has 8 atom stereocenters. The van der Waals surface area contributed by atoms with Gasteiger partial charge < -0.3 is 0 Å². The predicted octanol–water partition coefficient (Wildman–Crippen LogP) is 10.7. The van der Waals surface area contributed by atoms with E-state index >= 15 is 0 Å². The number of hydrogen-bond donors (Lipinski definition) is 0. The van der Waals surface area contributed by atoms with Crippen LogP contribution >= 0.6 is 0 Å². The molecule has 2 saturated carbocycles. The molecule has 0 radical (unpaired) electrons. The normalized spacial score (nSPS) is 35.9. The molecule has 0 heteroatoms. The molecule has 4 aliphatic carbocycles. The largest absolute Gasteiger partial charge is 0.0799 e. The molecule has 0 N–H and O–H groups in total. The third-order valence-electron chi connectivity index (χ3n) is 10.9. The Balaban J connectivity index is 1.66. The topological polar surface area (TPSA) is 0 Å². The molecule has 0 amide bonds.